The third-order valence-electron chi connectivity index (χ3n) is 5.28. The van der Waals surface area contributed by atoms with Crippen molar-refractivity contribution in [3.8, 4) is 5.75 Å². The summed E-state index contributed by atoms with van der Waals surface area (Å²) in [5, 5.41) is 14.9. The van der Waals surface area contributed by atoms with Crippen molar-refractivity contribution >= 4 is 11.4 Å². The highest BCUT2D eigenvalue weighted by atomic mass is 16.6. The quantitative estimate of drug-likeness (QED) is 0.499. The van der Waals surface area contributed by atoms with Crippen LogP contribution in [0.15, 0.2) is 48.6 Å². The van der Waals surface area contributed by atoms with E-state index in [1.165, 1.54) is 17.2 Å². The van der Waals surface area contributed by atoms with Crippen LogP contribution in [0, 0.1) is 23.0 Å². The van der Waals surface area contributed by atoms with E-state index in [4.69, 9.17) is 4.74 Å². The molecule has 1 aliphatic heterocycles. The van der Waals surface area contributed by atoms with E-state index in [1.54, 1.807) is 13.2 Å². The lowest BCUT2D eigenvalue weighted by Gasteiger charge is -2.38. The number of anilines is 1. The first-order valence-corrected chi connectivity index (χ1v) is 8.44. The van der Waals surface area contributed by atoms with Gasteiger partial charge in [-0.25, -0.2) is 0 Å². The van der Waals surface area contributed by atoms with Crippen LogP contribution in [0.3, 0.4) is 0 Å². The lowest BCUT2D eigenvalue weighted by atomic mass is 9.76. The fraction of sp³-hybridized carbons (Fsp3) is 0.300. The summed E-state index contributed by atoms with van der Waals surface area (Å²) in [5.74, 6) is 1.04. The molecule has 5 heteroatoms. The number of fused-ring (bicyclic) bond motifs is 3. The van der Waals surface area contributed by atoms with E-state index in [9.17, 15) is 10.1 Å². The largest absolute Gasteiger partial charge is 0.494 e. The van der Waals surface area contributed by atoms with E-state index in [1.807, 2.05) is 0 Å². The Morgan fingerprint density at radius 1 is 1.24 bits per heavy atom. The summed E-state index contributed by atoms with van der Waals surface area (Å²) < 4.78 is 5.46. The second-order valence-electron chi connectivity index (χ2n) is 6.76. The van der Waals surface area contributed by atoms with Crippen molar-refractivity contribution in [3.63, 3.8) is 0 Å². The summed E-state index contributed by atoms with van der Waals surface area (Å²) in [6.07, 6.45) is 5.31. The number of ether oxygens (including phenoxy) is 1. The standard InChI is InChI=1S/C20H20N2O3/c1-12-6-8-13(9-7-12)19-16-5-3-4-15(16)17-10-14(22(23)24)11-18(25-2)20(17)21-19/h3-4,6-11,15-16,19,21H,5H2,1-2H3. The maximum Gasteiger partial charge on any atom is 0.273 e. The van der Waals surface area contributed by atoms with E-state index in [-0.39, 0.29) is 22.6 Å². The minimum Gasteiger partial charge on any atom is -0.494 e. The zero-order chi connectivity index (χ0) is 17.6. The predicted octanol–water partition coefficient (Wildman–Crippen LogP) is 4.74. The number of methoxy groups -OCH3 is 1. The average molecular weight is 336 g/mol. The summed E-state index contributed by atoms with van der Waals surface area (Å²) in [4.78, 5) is 10.9. The predicted molar refractivity (Wildman–Crippen MR) is 97.2 cm³/mol. The van der Waals surface area contributed by atoms with Gasteiger partial charge < -0.3 is 10.1 Å². The highest BCUT2D eigenvalue weighted by Gasteiger charge is 2.40. The van der Waals surface area contributed by atoms with Crippen LogP contribution < -0.4 is 10.1 Å². The molecule has 3 atom stereocenters. The fourth-order valence-electron chi connectivity index (χ4n) is 4.02. The molecule has 5 nitrogen and oxygen atoms in total. The number of nitrogens with one attached hydrogen (secondary N) is 1. The van der Waals surface area contributed by atoms with Gasteiger partial charge in [0.1, 0.15) is 5.75 Å². The summed E-state index contributed by atoms with van der Waals surface area (Å²) in [6, 6.07) is 11.9. The first kappa shape index (κ1) is 15.7. The van der Waals surface area contributed by atoms with Crippen LogP contribution in [0.1, 0.15) is 35.1 Å². The Bertz CT molecular complexity index is 858. The molecule has 0 saturated carbocycles. The normalized spacial score (nSPS) is 23.5. The van der Waals surface area contributed by atoms with Crippen molar-refractivity contribution in [1.82, 2.24) is 0 Å². The van der Waals surface area contributed by atoms with Crippen molar-refractivity contribution in [2.24, 2.45) is 5.92 Å². The molecule has 3 unspecified atom stereocenters. The van der Waals surface area contributed by atoms with Crippen LogP contribution in [0.4, 0.5) is 11.4 Å². The third-order valence-corrected chi connectivity index (χ3v) is 5.28. The molecule has 2 aromatic carbocycles. The molecule has 1 aliphatic carbocycles. The van der Waals surface area contributed by atoms with Gasteiger partial charge in [0.2, 0.25) is 0 Å². The first-order chi connectivity index (χ1) is 12.1. The number of benzene rings is 2. The van der Waals surface area contributed by atoms with E-state index >= 15 is 0 Å². The summed E-state index contributed by atoms with van der Waals surface area (Å²) in [7, 11) is 1.55. The number of aryl methyl sites for hydroxylation is 1. The number of nitrogens with zero attached hydrogens (tertiary/aromatic N) is 1. The fourth-order valence-corrected chi connectivity index (χ4v) is 4.02. The minimum atomic E-state index is -0.359. The van der Waals surface area contributed by atoms with Gasteiger partial charge in [-0.15, -0.1) is 0 Å². The van der Waals surface area contributed by atoms with Gasteiger partial charge in [0, 0.05) is 12.0 Å². The van der Waals surface area contributed by atoms with Crippen molar-refractivity contribution in [1.29, 1.82) is 0 Å². The van der Waals surface area contributed by atoms with Gasteiger partial charge in [0.25, 0.3) is 5.69 Å². The van der Waals surface area contributed by atoms with Crippen molar-refractivity contribution < 1.29 is 9.66 Å². The Morgan fingerprint density at radius 2 is 2.00 bits per heavy atom. The number of non-ortho nitro benzene ring substituents is 1. The number of hydrogen-bond donors (Lipinski definition) is 1. The Kier molecular flexibility index (Phi) is 3.71. The molecule has 128 valence electrons. The van der Waals surface area contributed by atoms with Crippen LogP contribution in [0.25, 0.3) is 0 Å². The van der Waals surface area contributed by atoms with Gasteiger partial charge in [0.15, 0.2) is 0 Å². The maximum atomic E-state index is 11.3. The highest BCUT2D eigenvalue weighted by molar-refractivity contribution is 5.71. The Morgan fingerprint density at radius 3 is 2.68 bits per heavy atom. The summed E-state index contributed by atoms with van der Waals surface area (Å²) >= 11 is 0. The first-order valence-electron chi connectivity index (χ1n) is 8.44. The lowest BCUT2D eigenvalue weighted by Crippen LogP contribution is -2.29. The molecule has 0 spiro atoms. The van der Waals surface area contributed by atoms with Crippen LogP contribution in [0.5, 0.6) is 5.75 Å². The number of nitro benzene ring substituents is 1. The molecule has 4 rings (SSSR count). The lowest BCUT2D eigenvalue weighted by molar-refractivity contribution is -0.385. The van der Waals surface area contributed by atoms with Crippen LogP contribution in [0.2, 0.25) is 0 Å². The summed E-state index contributed by atoms with van der Waals surface area (Å²) in [5.41, 5.74) is 4.36. The van der Waals surface area contributed by atoms with E-state index in [0.29, 0.717) is 11.7 Å². The Hall–Kier alpha value is -2.82. The van der Waals surface area contributed by atoms with Crippen molar-refractivity contribution in [2.75, 3.05) is 12.4 Å². The summed E-state index contributed by atoms with van der Waals surface area (Å²) in [6.45, 7) is 2.08. The molecule has 1 N–H and O–H groups in total. The monoisotopic (exact) mass is 336 g/mol. The molecule has 0 radical (unpaired) electrons. The van der Waals surface area contributed by atoms with Crippen LogP contribution in [-0.4, -0.2) is 12.0 Å². The van der Waals surface area contributed by atoms with E-state index in [0.717, 1.165) is 17.7 Å². The van der Waals surface area contributed by atoms with Gasteiger partial charge in [-0.05, 0) is 30.4 Å². The molecule has 2 aliphatic rings. The van der Waals surface area contributed by atoms with Crippen molar-refractivity contribution in [2.45, 2.75) is 25.3 Å². The average Bonchev–Trinajstić information content (AvgIpc) is 3.10. The highest BCUT2D eigenvalue weighted by Crippen LogP contribution is 2.53. The third kappa shape index (κ3) is 2.56. The molecule has 2 aromatic rings. The molecular weight excluding hydrogens is 316 g/mol. The van der Waals surface area contributed by atoms with Gasteiger partial charge >= 0.3 is 0 Å². The Labute approximate surface area is 146 Å². The molecule has 0 saturated heterocycles. The number of rotatable bonds is 3. The molecular formula is C20H20N2O3. The smallest absolute Gasteiger partial charge is 0.273 e. The zero-order valence-electron chi connectivity index (χ0n) is 14.2. The minimum absolute atomic E-state index is 0.0743. The van der Waals surface area contributed by atoms with Crippen molar-refractivity contribution in [3.05, 3.63) is 75.4 Å². The molecule has 0 fully saturated rings. The van der Waals surface area contributed by atoms with E-state index < -0.39 is 0 Å². The zero-order valence-corrected chi connectivity index (χ0v) is 14.2. The molecule has 25 heavy (non-hydrogen) atoms. The van der Waals surface area contributed by atoms with Gasteiger partial charge in [-0.2, -0.15) is 0 Å². The molecule has 1 heterocycles. The van der Waals surface area contributed by atoms with Crippen LogP contribution >= 0.6 is 0 Å². The molecule has 0 amide bonds. The molecule has 0 aromatic heterocycles. The number of hydrogen-bond acceptors (Lipinski definition) is 4. The Balaban J connectivity index is 1.84. The van der Waals surface area contributed by atoms with Gasteiger partial charge in [-0.3, -0.25) is 10.1 Å². The second-order valence-corrected chi connectivity index (χ2v) is 6.76. The molecule has 0 bridgehead atoms. The van der Waals surface area contributed by atoms with Gasteiger partial charge in [0.05, 0.1) is 29.8 Å². The topological polar surface area (TPSA) is 64.4 Å². The number of allylic oxidation sites excluding steroid dienone is 2. The van der Waals surface area contributed by atoms with Crippen LogP contribution in [-0.2, 0) is 0 Å². The number of nitro groups is 1. The van der Waals surface area contributed by atoms with Gasteiger partial charge in [-0.1, -0.05) is 42.0 Å². The van der Waals surface area contributed by atoms with E-state index in [2.05, 4.69) is 48.7 Å². The SMILES string of the molecule is COc1cc([N+](=O)[O-])cc2c1NC(c1ccc(C)cc1)C1CC=CC21. The maximum absolute atomic E-state index is 11.3. The second kappa shape index (κ2) is 5.92.